The highest BCUT2D eigenvalue weighted by atomic mass is 16.6. The fourth-order valence-corrected chi connectivity index (χ4v) is 2.04. The van der Waals surface area contributed by atoms with Crippen LogP contribution in [0, 0.1) is 35.3 Å². The molecule has 0 fully saturated rings. The predicted molar refractivity (Wildman–Crippen MR) is 87.9 cm³/mol. The maximum atomic E-state index is 12.0. The van der Waals surface area contributed by atoms with E-state index in [0.29, 0.717) is 11.3 Å². The van der Waals surface area contributed by atoms with E-state index in [0.717, 1.165) is 11.1 Å². The van der Waals surface area contributed by atoms with Crippen molar-refractivity contribution in [3.05, 3.63) is 63.2 Å². The van der Waals surface area contributed by atoms with Crippen LogP contribution in [0.2, 0.25) is 0 Å². The van der Waals surface area contributed by atoms with E-state index in [1.807, 2.05) is 6.07 Å². The molecule has 0 aliphatic rings. The van der Waals surface area contributed by atoms with Gasteiger partial charge >= 0.3 is 0 Å². The van der Waals surface area contributed by atoms with E-state index in [1.165, 1.54) is 12.1 Å². The number of carbonyl (C=O) groups excluding carboxylic acids is 1. The second-order valence-corrected chi connectivity index (χ2v) is 5.19. The van der Waals surface area contributed by atoms with Crippen LogP contribution in [0.15, 0.2) is 36.4 Å². The summed E-state index contributed by atoms with van der Waals surface area (Å²) in [6, 6.07) is 11.3. The molecule has 7 heteroatoms. The van der Waals surface area contributed by atoms with Crippen LogP contribution in [-0.4, -0.2) is 17.4 Å². The lowest BCUT2D eigenvalue weighted by molar-refractivity contribution is -0.384. The predicted octanol–water partition coefficient (Wildman–Crippen LogP) is 3.10. The van der Waals surface area contributed by atoms with Crippen LogP contribution in [0.25, 0.3) is 0 Å². The van der Waals surface area contributed by atoms with E-state index in [9.17, 15) is 14.9 Å². The quantitative estimate of drug-likeness (QED) is 0.671. The van der Waals surface area contributed by atoms with Crippen LogP contribution >= 0.6 is 0 Å². The number of aryl methyl sites for hydroxylation is 2. The molecule has 0 saturated heterocycles. The fraction of sp³-hybridized carbons (Fsp3) is 0.176. The Bertz CT molecular complexity index is 840. The SMILES string of the molecule is Cc1cc(NC(=O)COc2cccc(C#N)c2)c([N+](=O)[O-])cc1C. The second kappa shape index (κ2) is 7.24. The van der Waals surface area contributed by atoms with Gasteiger partial charge in [0.25, 0.3) is 11.6 Å². The van der Waals surface area contributed by atoms with Crippen molar-refractivity contribution in [2.75, 3.05) is 11.9 Å². The van der Waals surface area contributed by atoms with Gasteiger partial charge < -0.3 is 10.1 Å². The molecule has 0 heterocycles. The Hall–Kier alpha value is -3.40. The van der Waals surface area contributed by atoms with Crippen LogP contribution in [-0.2, 0) is 4.79 Å². The van der Waals surface area contributed by atoms with Crippen LogP contribution < -0.4 is 10.1 Å². The van der Waals surface area contributed by atoms with Gasteiger partial charge in [-0.1, -0.05) is 6.07 Å². The Morgan fingerprint density at radius 1 is 1.29 bits per heavy atom. The minimum Gasteiger partial charge on any atom is -0.484 e. The molecule has 0 radical (unpaired) electrons. The third-order valence-corrected chi connectivity index (χ3v) is 3.42. The lowest BCUT2D eigenvalue weighted by Gasteiger charge is -2.10. The highest BCUT2D eigenvalue weighted by Gasteiger charge is 2.17. The number of carbonyl (C=O) groups is 1. The number of nitriles is 1. The van der Waals surface area contributed by atoms with Crippen molar-refractivity contribution < 1.29 is 14.5 Å². The topological polar surface area (TPSA) is 105 Å². The molecule has 7 nitrogen and oxygen atoms in total. The molecule has 0 saturated carbocycles. The Kier molecular flexibility index (Phi) is 5.12. The van der Waals surface area contributed by atoms with Crippen molar-refractivity contribution in [1.29, 1.82) is 5.26 Å². The molecule has 24 heavy (non-hydrogen) atoms. The number of benzene rings is 2. The van der Waals surface area contributed by atoms with Gasteiger partial charge in [-0.2, -0.15) is 5.26 Å². The zero-order chi connectivity index (χ0) is 17.7. The molecule has 0 spiro atoms. The summed E-state index contributed by atoms with van der Waals surface area (Å²) in [7, 11) is 0. The van der Waals surface area contributed by atoms with Crippen molar-refractivity contribution in [2.45, 2.75) is 13.8 Å². The molecule has 122 valence electrons. The summed E-state index contributed by atoms with van der Waals surface area (Å²) < 4.78 is 5.30. The Labute approximate surface area is 138 Å². The molecule has 0 aliphatic carbocycles. The summed E-state index contributed by atoms with van der Waals surface area (Å²) in [6.07, 6.45) is 0. The number of rotatable bonds is 5. The van der Waals surface area contributed by atoms with Crippen LogP contribution in [0.5, 0.6) is 5.75 Å². The van der Waals surface area contributed by atoms with Crippen LogP contribution in [0.3, 0.4) is 0 Å². The third kappa shape index (κ3) is 4.08. The van der Waals surface area contributed by atoms with Gasteiger partial charge in [-0.15, -0.1) is 0 Å². The molecule has 0 unspecified atom stereocenters. The van der Waals surface area contributed by atoms with Gasteiger partial charge in [0.05, 0.1) is 16.6 Å². The van der Waals surface area contributed by atoms with E-state index in [4.69, 9.17) is 10.00 Å². The highest BCUT2D eigenvalue weighted by molar-refractivity contribution is 5.94. The largest absolute Gasteiger partial charge is 0.484 e. The number of nitrogens with zero attached hydrogens (tertiary/aromatic N) is 2. The Morgan fingerprint density at radius 3 is 2.67 bits per heavy atom. The number of nitro groups is 1. The van der Waals surface area contributed by atoms with Crippen molar-refractivity contribution in [3.63, 3.8) is 0 Å². The molecule has 2 aromatic rings. The van der Waals surface area contributed by atoms with Gasteiger partial charge in [0.1, 0.15) is 11.4 Å². The second-order valence-electron chi connectivity index (χ2n) is 5.19. The number of hydrogen-bond acceptors (Lipinski definition) is 5. The number of amides is 1. The molecule has 0 atom stereocenters. The van der Waals surface area contributed by atoms with Gasteiger partial charge in [0, 0.05) is 6.07 Å². The molecule has 1 N–H and O–H groups in total. The number of hydrogen-bond donors (Lipinski definition) is 1. The number of ether oxygens (including phenoxy) is 1. The van der Waals surface area contributed by atoms with Gasteiger partial charge in [0.15, 0.2) is 6.61 Å². The van der Waals surface area contributed by atoms with Crippen molar-refractivity contribution in [1.82, 2.24) is 0 Å². The van der Waals surface area contributed by atoms with E-state index < -0.39 is 10.8 Å². The molecule has 2 aromatic carbocycles. The molecule has 0 bridgehead atoms. The summed E-state index contributed by atoms with van der Waals surface area (Å²) >= 11 is 0. The minimum atomic E-state index is -0.542. The van der Waals surface area contributed by atoms with Gasteiger partial charge in [-0.25, -0.2) is 0 Å². The van der Waals surface area contributed by atoms with Gasteiger partial charge in [0.2, 0.25) is 0 Å². The minimum absolute atomic E-state index is 0.127. The van der Waals surface area contributed by atoms with Gasteiger partial charge in [-0.3, -0.25) is 14.9 Å². The molecule has 0 aromatic heterocycles. The standard InChI is InChI=1S/C17H15N3O4/c1-11-6-15(16(20(22)23)7-12(11)2)19-17(21)10-24-14-5-3-4-13(8-14)9-18/h3-8H,10H2,1-2H3,(H,19,21). The fourth-order valence-electron chi connectivity index (χ4n) is 2.04. The summed E-state index contributed by atoms with van der Waals surface area (Å²) in [5.74, 6) is -0.150. The summed E-state index contributed by atoms with van der Waals surface area (Å²) in [4.78, 5) is 22.6. The summed E-state index contributed by atoms with van der Waals surface area (Å²) in [5.41, 5.74) is 1.97. The smallest absolute Gasteiger partial charge is 0.293 e. The average Bonchev–Trinajstić information content (AvgIpc) is 2.56. The number of nitro benzene ring substituents is 1. The first-order valence-electron chi connectivity index (χ1n) is 7.09. The number of anilines is 1. The molecular weight excluding hydrogens is 310 g/mol. The average molecular weight is 325 g/mol. The Balaban J connectivity index is 2.08. The van der Waals surface area contributed by atoms with E-state index in [1.54, 1.807) is 38.1 Å². The molecule has 0 aliphatic heterocycles. The maximum Gasteiger partial charge on any atom is 0.293 e. The normalized spacial score (nSPS) is 9.88. The summed E-state index contributed by atoms with van der Waals surface area (Å²) in [6.45, 7) is 3.25. The number of nitrogens with one attached hydrogen (secondary N) is 1. The molecule has 1 amide bonds. The van der Waals surface area contributed by atoms with Crippen molar-refractivity contribution in [3.8, 4) is 11.8 Å². The lowest BCUT2D eigenvalue weighted by atomic mass is 10.1. The Morgan fingerprint density at radius 2 is 2.00 bits per heavy atom. The van der Waals surface area contributed by atoms with E-state index >= 15 is 0 Å². The monoisotopic (exact) mass is 325 g/mol. The lowest BCUT2D eigenvalue weighted by Crippen LogP contribution is -2.21. The molecular formula is C17H15N3O4. The maximum absolute atomic E-state index is 12.0. The van der Waals surface area contributed by atoms with Crippen molar-refractivity contribution >= 4 is 17.3 Å². The first-order chi connectivity index (χ1) is 11.4. The van der Waals surface area contributed by atoms with E-state index in [2.05, 4.69) is 5.32 Å². The third-order valence-electron chi connectivity index (χ3n) is 3.42. The van der Waals surface area contributed by atoms with E-state index in [-0.39, 0.29) is 18.0 Å². The first-order valence-corrected chi connectivity index (χ1v) is 7.09. The van der Waals surface area contributed by atoms with Gasteiger partial charge in [-0.05, 0) is 49.2 Å². The first kappa shape index (κ1) is 17.0. The highest BCUT2D eigenvalue weighted by Crippen LogP contribution is 2.27. The molecule has 2 rings (SSSR count). The van der Waals surface area contributed by atoms with Crippen LogP contribution in [0.4, 0.5) is 11.4 Å². The van der Waals surface area contributed by atoms with Crippen LogP contribution in [0.1, 0.15) is 16.7 Å². The zero-order valence-electron chi connectivity index (χ0n) is 13.2. The zero-order valence-corrected chi connectivity index (χ0v) is 13.2. The summed E-state index contributed by atoms with van der Waals surface area (Å²) in [5, 5.41) is 22.4. The van der Waals surface area contributed by atoms with Crippen molar-refractivity contribution in [2.24, 2.45) is 0 Å².